The number of hydrogen-bond acceptors (Lipinski definition) is 3. The Bertz CT molecular complexity index is 1090. The lowest BCUT2D eigenvalue weighted by molar-refractivity contribution is -0.132. The molecule has 3 heterocycles. The van der Waals surface area contributed by atoms with Crippen molar-refractivity contribution in [3.05, 3.63) is 65.2 Å². The van der Waals surface area contributed by atoms with E-state index in [4.69, 9.17) is 0 Å². The van der Waals surface area contributed by atoms with E-state index in [1.807, 2.05) is 0 Å². The van der Waals surface area contributed by atoms with Crippen molar-refractivity contribution < 1.29 is 22.8 Å². The zero-order valence-electron chi connectivity index (χ0n) is 15.7. The molecule has 2 bridgehead atoms. The molecule has 0 unspecified atom stereocenters. The van der Waals surface area contributed by atoms with Crippen molar-refractivity contribution in [3.8, 4) is 0 Å². The van der Waals surface area contributed by atoms with Gasteiger partial charge in [0, 0.05) is 12.1 Å². The van der Waals surface area contributed by atoms with Crippen LogP contribution in [0.15, 0.2) is 36.5 Å². The molecule has 30 heavy (non-hydrogen) atoms. The summed E-state index contributed by atoms with van der Waals surface area (Å²) in [5, 5.41) is 2.50. The lowest BCUT2D eigenvalue weighted by atomic mass is 10.0. The fourth-order valence-electron chi connectivity index (χ4n) is 4.43. The first-order valence-corrected chi connectivity index (χ1v) is 9.56. The van der Waals surface area contributed by atoms with Crippen LogP contribution in [0.1, 0.15) is 17.7 Å². The molecule has 2 aliphatic heterocycles. The monoisotopic (exact) mass is 414 g/mol. The summed E-state index contributed by atoms with van der Waals surface area (Å²) >= 11 is 0. The largest absolute Gasteiger partial charge is 0.333 e. The molecule has 1 aromatic heterocycles. The molecule has 1 N–H and O–H groups in total. The molecule has 3 aliphatic rings. The third-order valence-corrected chi connectivity index (χ3v) is 5.85. The number of hydrogen-bond donors (Lipinski definition) is 1. The van der Waals surface area contributed by atoms with Crippen molar-refractivity contribution in [2.75, 3.05) is 18.4 Å². The van der Waals surface area contributed by atoms with Crippen molar-refractivity contribution in [2.24, 2.45) is 5.92 Å². The first-order chi connectivity index (χ1) is 14.4. The van der Waals surface area contributed by atoms with Gasteiger partial charge in [0.2, 0.25) is 5.91 Å². The number of anilines is 1. The SMILES string of the molecule is O=C1Nc2ccc(F)c(F)c2CN1CC(=O)N1C[C@H]2C=C(c3ccc(F)cn3)[C@@H]1C2. The molecule has 1 aliphatic carbocycles. The van der Waals surface area contributed by atoms with Gasteiger partial charge in [-0.25, -0.2) is 18.0 Å². The highest BCUT2D eigenvalue weighted by Crippen LogP contribution is 2.41. The van der Waals surface area contributed by atoms with E-state index >= 15 is 0 Å². The highest BCUT2D eigenvalue weighted by Gasteiger charge is 2.43. The zero-order chi connectivity index (χ0) is 21.0. The minimum Gasteiger partial charge on any atom is -0.333 e. The van der Waals surface area contributed by atoms with E-state index in [9.17, 15) is 22.8 Å². The minimum atomic E-state index is -1.03. The number of rotatable bonds is 3. The van der Waals surface area contributed by atoms with Gasteiger partial charge >= 0.3 is 6.03 Å². The predicted octanol–water partition coefficient (Wildman–Crippen LogP) is 3.16. The van der Waals surface area contributed by atoms with Gasteiger partial charge in [0.05, 0.1) is 30.2 Å². The number of nitrogens with zero attached hydrogens (tertiary/aromatic N) is 3. The highest BCUT2D eigenvalue weighted by molar-refractivity contribution is 5.95. The maximum atomic E-state index is 14.1. The van der Waals surface area contributed by atoms with E-state index in [0.29, 0.717) is 12.2 Å². The highest BCUT2D eigenvalue weighted by atomic mass is 19.2. The average Bonchev–Trinajstić information content (AvgIpc) is 3.34. The van der Waals surface area contributed by atoms with Crippen LogP contribution in [0.2, 0.25) is 0 Å². The third kappa shape index (κ3) is 3.01. The molecule has 9 heteroatoms. The van der Waals surface area contributed by atoms with Crippen LogP contribution >= 0.6 is 0 Å². The van der Waals surface area contributed by atoms with Crippen LogP contribution in [0.5, 0.6) is 0 Å². The van der Waals surface area contributed by atoms with Crippen molar-refractivity contribution in [1.29, 1.82) is 0 Å². The van der Waals surface area contributed by atoms with Crippen LogP contribution in [-0.4, -0.2) is 45.9 Å². The Labute approximate surface area is 170 Å². The molecule has 2 aromatic rings. The number of aromatic nitrogens is 1. The second kappa shape index (κ2) is 6.86. The van der Waals surface area contributed by atoms with Gasteiger partial charge in [-0.15, -0.1) is 0 Å². The van der Waals surface area contributed by atoms with Gasteiger partial charge in [-0.3, -0.25) is 9.78 Å². The lowest BCUT2D eigenvalue weighted by Crippen LogP contribution is -2.48. The zero-order valence-corrected chi connectivity index (χ0v) is 15.7. The Morgan fingerprint density at radius 1 is 1.20 bits per heavy atom. The second-order valence-electron chi connectivity index (χ2n) is 7.72. The Balaban J connectivity index is 1.33. The van der Waals surface area contributed by atoms with Gasteiger partial charge in [0.15, 0.2) is 11.6 Å². The number of fused-ring (bicyclic) bond motifs is 3. The van der Waals surface area contributed by atoms with Crippen LogP contribution in [0.25, 0.3) is 5.57 Å². The van der Waals surface area contributed by atoms with Crippen LogP contribution in [0.3, 0.4) is 0 Å². The number of amides is 3. The first kappa shape index (κ1) is 18.7. The molecule has 6 nitrogen and oxygen atoms in total. The van der Waals surface area contributed by atoms with Gasteiger partial charge in [-0.1, -0.05) is 6.08 Å². The number of likely N-dealkylation sites (tertiary alicyclic amines) is 1. The quantitative estimate of drug-likeness (QED) is 0.839. The Morgan fingerprint density at radius 3 is 2.77 bits per heavy atom. The summed E-state index contributed by atoms with van der Waals surface area (Å²) < 4.78 is 40.9. The number of benzene rings is 1. The van der Waals surface area contributed by atoms with E-state index in [-0.39, 0.29) is 42.2 Å². The van der Waals surface area contributed by atoms with Gasteiger partial charge in [-0.05, 0) is 42.2 Å². The number of carbonyl (C=O) groups excluding carboxylic acids is 2. The van der Waals surface area contributed by atoms with Crippen molar-refractivity contribution >= 4 is 23.2 Å². The predicted molar refractivity (Wildman–Crippen MR) is 102 cm³/mol. The summed E-state index contributed by atoms with van der Waals surface area (Å²) in [6.45, 7) is 0.0679. The third-order valence-electron chi connectivity index (χ3n) is 5.85. The standard InChI is InChI=1S/C21H17F3N4O2/c22-12-1-3-16(25-7-12)13-5-11-6-18(13)28(8-11)19(29)10-27-9-14-17(26-21(27)30)4-2-15(23)20(14)24/h1-5,7,11,18H,6,8-10H2,(H,26,30)/t11-,18-/m0/s1. The number of nitrogens with one attached hydrogen (secondary N) is 1. The molecule has 3 amide bonds. The maximum Gasteiger partial charge on any atom is 0.322 e. The summed E-state index contributed by atoms with van der Waals surface area (Å²) in [5.74, 6) is -2.59. The summed E-state index contributed by atoms with van der Waals surface area (Å²) in [5.41, 5.74) is 1.70. The normalized spacial score (nSPS) is 22.1. The van der Waals surface area contributed by atoms with Crippen molar-refractivity contribution in [2.45, 2.75) is 19.0 Å². The van der Waals surface area contributed by atoms with Gasteiger partial charge in [0.25, 0.3) is 0 Å². The van der Waals surface area contributed by atoms with Crippen LogP contribution in [-0.2, 0) is 11.3 Å². The molecule has 0 saturated carbocycles. The molecule has 2 atom stereocenters. The smallest absolute Gasteiger partial charge is 0.322 e. The van der Waals surface area contributed by atoms with Gasteiger partial charge in [-0.2, -0.15) is 0 Å². The number of pyridine rings is 1. The number of halogens is 3. The Morgan fingerprint density at radius 2 is 2.03 bits per heavy atom. The topological polar surface area (TPSA) is 65.5 Å². The van der Waals surface area contributed by atoms with E-state index < -0.39 is 23.5 Å². The number of carbonyl (C=O) groups is 2. The van der Waals surface area contributed by atoms with E-state index in [1.165, 1.54) is 17.0 Å². The van der Waals surface area contributed by atoms with E-state index in [0.717, 1.165) is 24.3 Å². The summed E-state index contributed by atoms with van der Waals surface area (Å²) in [6, 6.07) is 4.42. The van der Waals surface area contributed by atoms with Crippen molar-refractivity contribution in [1.82, 2.24) is 14.8 Å². The summed E-state index contributed by atoms with van der Waals surface area (Å²) in [4.78, 5) is 32.3. The molecule has 5 rings (SSSR count). The molecule has 1 saturated heterocycles. The lowest BCUT2D eigenvalue weighted by Gasteiger charge is -2.33. The minimum absolute atomic E-state index is 0.0152. The molecular weight excluding hydrogens is 397 g/mol. The van der Waals surface area contributed by atoms with Crippen LogP contribution in [0.4, 0.5) is 23.7 Å². The Hall–Kier alpha value is -3.36. The maximum absolute atomic E-state index is 14.1. The van der Waals surface area contributed by atoms with Crippen LogP contribution in [0, 0.1) is 23.4 Å². The molecular formula is C21H17F3N4O2. The molecule has 0 radical (unpaired) electrons. The van der Waals surface area contributed by atoms with Crippen molar-refractivity contribution in [3.63, 3.8) is 0 Å². The Kier molecular flexibility index (Phi) is 4.27. The fourth-order valence-corrected chi connectivity index (χ4v) is 4.43. The second-order valence-corrected chi connectivity index (χ2v) is 7.72. The van der Waals surface area contributed by atoms with Gasteiger partial charge < -0.3 is 15.1 Å². The fraction of sp³-hybridized carbons (Fsp3) is 0.286. The molecule has 1 fully saturated rings. The van der Waals surface area contributed by atoms with Gasteiger partial charge in [0.1, 0.15) is 12.4 Å². The molecule has 1 aromatic carbocycles. The first-order valence-electron chi connectivity index (χ1n) is 9.56. The molecule has 154 valence electrons. The number of urea groups is 1. The summed E-state index contributed by atoms with van der Waals surface area (Å²) in [6.07, 6.45) is 3.93. The molecule has 0 spiro atoms. The van der Waals surface area contributed by atoms with Crippen LogP contribution < -0.4 is 5.32 Å². The van der Waals surface area contributed by atoms with E-state index in [1.54, 1.807) is 11.0 Å². The average molecular weight is 414 g/mol. The van der Waals surface area contributed by atoms with E-state index in [2.05, 4.69) is 16.4 Å². The summed E-state index contributed by atoms with van der Waals surface area (Å²) in [7, 11) is 0.